The van der Waals surface area contributed by atoms with Crippen molar-refractivity contribution in [2.75, 3.05) is 12.4 Å². The molecule has 35 heavy (non-hydrogen) atoms. The molecular formula is C27H21FN2O4S. The van der Waals surface area contributed by atoms with Crippen LogP contribution in [-0.4, -0.2) is 18.0 Å². The number of amides is 1. The van der Waals surface area contributed by atoms with Crippen molar-refractivity contribution in [1.29, 1.82) is 0 Å². The van der Waals surface area contributed by atoms with Crippen molar-refractivity contribution in [2.45, 2.75) is 13.0 Å². The number of anilines is 1. The molecule has 6 nitrogen and oxygen atoms in total. The maximum absolute atomic E-state index is 14.0. The number of hydrogen-bond acceptors (Lipinski definition) is 6. The third kappa shape index (κ3) is 4.88. The number of rotatable bonds is 8. The summed E-state index contributed by atoms with van der Waals surface area (Å²) in [5, 5.41) is 3.99. The van der Waals surface area contributed by atoms with Crippen LogP contribution < -0.4 is 14.8 Å². The number of methoxy groups -OCH3 is 1. The summed E-state index contributed by atoms with van der Waals surface area (Å²) in [5.74, 6) is 0.591. The van der Waals surface area contributed by atoms with Crippen molar-refractivity contribution >= 4 is 33.3 Å². The Kier molecular flexibility index (Phi) is 6.45. The number of nitrogens with one attached hydrogen (secondary N) is 1. The number of fused-ring (bicyclic) bond motifs is 1. The average molecular weight is 489 g/mol. The lowest BCUT2D eigenvalue weighted by atomic mass is 10.1. The summed E-state index contributed by atoms with van der Waals surface area (Å²) in [5.41, 5.74) is 1.77. The van der Waals surface area contributed by atoms with Crippen LogP contribution in [0.25, 0.3) is 11.0 Å². The van der Waals surface area contributed by atoms with Crippen molar-refractivity contribution in [2.24, 2.45) is 0 Å². The predicted molar refractivity (Wildman–Crippen MR) is 133 cm³/mol. The second-order valence-corrected chi connectivity index (χ2v) is 8.81. The summed E-state index contributed by atoms with van der Waals surface area (Å²) in [7, 11) is 1.57. The van der Waals surface area contributed by atoms with Gasteiger partial charge in [-0.25, -0.2) is 9.37 Å². The third-order valence-corrected chi connectivity index (χ3v) is 6.35. The molecule has 0 atom stereocenters. The number of aromatic nitrogens is 1. The monoisotopic (exact) mass is 488 g/mol. The van der Waals surface area contributed by atoms with Crippen molar-refractivity contribution in [3.05, 3.63) is 107 Å². The standard InChI is InChI=1S/C27H21FN2O4S/c1-32-23-12-6-7-13-24(23)33-16-20-19-9-3-5-11-22(19)34-25(20)26(31)30-27-29-15-18(35-27)14-17-8-2-4-10-21(17)28/h2-13,15H,14,16H2,1H3,(H,29,30,31). The minimum atomic E-state index is -0.438. The van der Waals surface area contributed by atoms with Crippen LogP contribution in [0.1, 0.15) is 26.6 Å². The Bertz CT molecular complexity index is 1490. The third-order valence-electron chi connectivity index (χ3n) is 5.44. The van der Waals surface area contributed by atoms with Crippen LogP contribution in [0.5, 0.6) is 11.5 Å². The van der Waals surface area contributed by atoms with Crippen LogP contribution in [0.15, 0.2) is 83.4 Å². The normalized spacial score (nSPS) is 10.9. The molecule has 0 saturated carbocycles. The molecule has 2 heterocycles. The minimum absolute atomic E-state index is 0.108. The molecule has 5 rings (SSSR count). The van der Waals surface area contributed by atoms with Gasteiger partial charge < -0.3 is 13.9 Å². The Balaban J connectivity index is 1.37. The fraction of sp³-hybridized carbons (Fsp3) is 0.111. The molecule has 176 valence electrons. The van der Waals surface area contributed by atoms with Gasteiger partial charge in [-0.3, -0.25) is 10.1 Å². The van der Waals surface area contributed by atoms with Crippen LogP contribution in [0.2, 0.25) is 0 Å². The minimum Gasteiger partial charge on any atom is -0.493 e. The van der Waals surface area contributed by atoms with Gasteiger partial charge >= 0.3 is 0 Å². The summed E-state index contributed by atoms with van der Waals surface area (Å²) in [6.45, 7) is 0.108. The molecular weight excluding hydrogens is 467 g/mol. The summed E-state index contributed by atoms with van der Waals surface area (Å²) >= 11 is 1.29. The lowest BCUT2D eigenvalue weighted by Gasteiger charge is -2.10. The molecule has 0 fully saturated rings. The SMILES string of the molecule is COc1ccccc1OCc1c(C(=O)Nc2ncc(Cc3ccccc3F)s2)oc2ccccc12. The lowest BCUT2D eigenvalue weighted by molar-refractivity contribution is 0.0995. The zero-order chi connectivity index (χ0) is 24.2. The van der Waals surface area contributed by atoms with Crippen LogP contribution >= 0.6 is 11.3 Å². The largest absolute Gasteiger partial charge is 0.493 e. The Hall–Kier alpha value is -4.17. The second kappa shape index (κ2) is 9.99. The van der Waals surface area contributed by atoms with E-state index in [0.717, 1.165) is 10.3 Å². The van der Waals surface area contributed by atoms with E-state index in [-0.39, 0.29) is 18.2 Å². The van der Waals surface area contributed by atoms with E-state index in [0.29, 0.717) is 39.8 Å². The fourth-order valence-corrected chi connectivity index (χ4v) is 4.57. The van der Waals surface area contributed by atoms with Crippen LogP contribution in [0.3, 0.4) is 0 Å². The summed E-state index contributed by atoms with van der Waals surface area (Å²) in [6, 6.07) is 21.3. The number of para-hydroxylation sites is 3. The van der Waals surface area contributed by atoms with Crippen LogP contribution in [0.4, 0.5) is 9.52 Å². The molecule has 5 aromatic rings. The molecule has 0 aliphatic rings. The van der Waals surface area contributed by atoms with E-state index in [1.54, 1.807) is 49.7 Å². The molecule has 0 spiro atoms. The Morgan fingerprint density at radius 3 is 2.60 bits per heavy atom. The number of nitrogens with zero attached hydrogens (tertiary/aromatic N) is 1. The average Bonchev–Trinajstić information content (AvgIpc) is 3.48. The predicted octanol–water partition coefficient (Wildman–Crippen LogP) is 6.46. The molecule has 1 amide bonds. The Labute approximate surface area is 205 Å². The van der Waals surface area contributed by atoms with Gasteiger partial charge in [-0.05, 0) is 29.8 Å². The number of hydrogen-bond donors (Lipinski definition) is 1. The molecule has 8 heteroatoms. The van der Waals surface area contributed by atoms with Crippen LogP contribution in [-0.2, 0) is 13.0 Å². The van der Waals surface area contributed by atoms with Crippen molar-refractivity contribution in [1.82, 2.24) is 4.98 Å². The number of halogens is 1. The van der Waals surface area contributed by atoms with Gasteiger partial charge in [-0.1, -0.05) is 48.5 Å². The maximum atomic E-state index is 14.0. The topological polar surface area (TPSA) is 73.6 Å². The lowest BCUT2D eigenvalue weighted by Crippen LogP contribution is -2.13. The number of ether oxygens (including phenoxy) is 2. The fourth-order valence-electron chi connectivity index (χ4n) is 3.74. The number of thiazole rings is 1. The maximum Gasteiger partial charge on any atom is 0.293 e. The number of carbonyl (C=O) groups excluding carboxylic acids is 1. The quantitative estimate of drug-likeness (QED) is 0.271. The highest BCUT2D eigenvalue weighted by Gasteiger charge is 2.22. The highest BCUT2D eigenvalue weighted by molar-refractivity contribution is 7.15. The molecule has 0 radical (unpaired) electrons. The molecule has 1 N–H and O–H groups in total. The van der Waals surface area contributed by atoms with E-state index in [4.69, 9.17) is 13.9 Å². The van der Waals surface area contributed by atoms with E-state index < -0.39 is 5.91 Å². The summed E-state index contributed by atoms with van der Waals surface area (Å²) in [6.07, 6.45) is 2.03. The van der Waals surface area contributed by atoms with Gasteiger partial charge in [0.2, 0.25) is 0 Å². The number of furan rings is 1. The molecule has 0 bridgehead atoms. The molecule has 0 saturated heterocycles. The van der Waals surface area contributed by atoms with Gasteiger partial charge in [-0.2, -0.15) is 0 Å². The van der Waals surface area contributed by atoms with Crippen molar-refractivity contribution in [3.63, 3.8) is 0 Å². The van der Waals surface area contributed by atoms with E-state index in [1.807, 2.05) is 30.3 Å². The molecule has 0 aliphatic heterocycles. The number of benzene rings is 3. The van der Waals surface area contributed by atoms with Gasteiger partial charge in [0.25, 0.3) is 5.91 Å². The van der Waals surface area contributed by atoms with Gasteiger partial charge in [0, 0.05) is 28.4 Å². The van der Waals surface area contributed by atoms with E-state index in [9.17, 15) is 9.18 Å². The first kappa shape index (κ1) is 22.6. The zero-order valence-corrected chi connectivity index (χ0v) is 19.6. The van der Waals surface area contributed by atoms with E-state index in [1.165, 1.54) is 17.4 Å². The van der Waals surface area contributed by atoms with Gasteiger partial charge in [0.1, 0.15) is 18.0 Å². The molecule has 2 aromatic heterocycles. The first-order valence-electron chi connectivity index (χ1n) is 10.9. The summed E-state index contributed by atoms with van der Waals surface area (Å²) < 4.78 is 31.2. The first-order chi connectivity index (χ1) is 17.1. The highest BCUT2D eigenvalue weighted by Crippen LogP contribution is 2.31. The van der Waals surface area contributed by atoms with Crippen molar-refractivity contribution in [3.8, 4) is 11.5 Å². The van der Waals surface area contributed by atoms with E-state index >= 15 is 0 Å². The first-order valence-corrected chi connectivity index (χ1v) is 11.7. The smallest absolute Gasteiger partial charge is 0.293 e. The highest BCUT2D eigenvalue weighted by atomic mass is 32.1. The second-order valence-electron chi connectivity index (χ2n) is 7.70. The van der Waals surface area contributed by atoms with Crippen molar-refractivity contribution < 1.29 is 23.1 Å². The Morgan fingerprint density at radius 2 is 1.77 bits per heavy atom. The molecule has 0 unspecified atom stereocenters. The summed E-state index contributed by atoms with van der Waals surface area (Å²) in [4.78, 5) is 18.3. The van der Waals surface area contributed by atoms with Gasteiger partial charge in [-0.15, -0.1) is 11.3 Å². The Morgan fingerprint density at radius 1 is 1.03 bits per heavy atom. The number of carbonyl (C=O) groups is 1. The van der Waals surface area contributed by atoms with Gasteiger partial charge in [0.05, 0.1) is 7.11 Å². The van der Waals surface area contributed by atoms with Gasteiger partial charge in [0.15, 0.2) is 22.4 Å². The van der Waals surface area contributed by atoms with E-state index in [2.05, 4.69) is 10.3 Å². The van der Waals surface area contributed by atoms with Crippen LogP contribution in [0, 0.1) is 5.82 Å². The molecule has 3 aromatic carbocycles. The zero-order valence-electron chi connectivity index (χ0n) is 18.8. The molecule has 0 aliphatic carbocycles.